The minimum absolute atomic E-state index is 0.0696. The maximum atomic E-state index is 11.0. The number of carbonyl (C=O) groups excluding carboxylic acids is 1. The van der Waals surface area contributed by atoms with E-state index in [4.69, 9.17) is 0 Å². The van der Waals surface area contributed by atoms with Crippen molar-refractivity contribution in [2.75, 3.05) is 20.2 Å². The summed E-state index contributed by atoms with van der Waals surface area (Å²) in [6, 6.07) is 0. The van der Waals surface area contributed by atoms with Crippen LogP contribution in [-0.4, -0.2) is 42.4 Å². The fourth-order valence-electron chi connectivity index (χ4n) is 1.03. The zero-order chi connectivity index (χ0) is 11.0. The Bertz CT molecular complexity index is 229. The van der Waals surface area contributed by atoms with E-state index in [1.54, 1.807) is 11.8 Å². The van der Waals surface area contributed by atoms with E-state index in [-0.39, 0.29) is 12.5 Å². The topological polar surface area (TPSA) is 49.8 Å². The number of nitrogens with zero attached hydrogens (tertiary/aromatic N) is 1. The van der Waals surface area contributed by atoms with Crippen LogP contribution in [0, 0.1) is 11.8 Å². The van der Waals surface area contributed by atoms with Crippen molar-refractivity contribution in [1.82, 2.24) is 4.90 Å². The van der Waals surface area contributed by atoms with Crippen molar-refractivity contribution in [3.05, 3.63) is 0 Å². The predicted octanol–water partition coefficient (Wildman–Crippen LogP) is 0.213. The third-order valence-electron chi connectivity index (χ3n) is 1.69. The largest absolute Gasteiger partial charge is 0.468 e. The minimum atomic E-state index is -0.890. The van der Waals surface area contributed by atoms with Gasteiger partial charge in [-0.15, -0.1) is 5.92 Å². The Hall–Kier alpha value is -1.05. The highest BCUT2D eigenvalue weighted by molar-refractivity contribution is 5.71. The summed E-state index contributed by atoms with van der Waals surface area (Å²) in [5.74, 6) is 4.82. The van der Waals surface area contributed by atoms with Crippen molar-refractivity contribution in [3.8, 4) is 11.8 Å². The molecule has 0 aromatic heterocycles. The Morgan fingerprint density at radius 3 is 2.71 bits per heavy atom. The summed E-state index contributed by atoms with van der Waals surface area (Å²) in [4.78, 5) is 12.6. The number of aliphatic hydroxyl groups excluding tert-OH is 1. The summed E-state index contributed by atoms with van der Waals surface area (Å²) in [7, 11) is 1.32. The predicted molar refractivity (Wildman–Crippen MR) is 53.3 cm³/mol. The van der Waals surface area contributed by atoms with E-state index < -0.39 is 6.23 Å². The van der Waals surface area contributed by atoms with Crippen LogP contribution in [0.3, 0.4) is 0 Å². The molecule has 0 aromatic carbocycles. The molecule has 1 atom stereocenters. The number of carbonyl (C=O) groups is 1. The standard InChI is InChI=1S/C10H17NO3/c1-4-6-9(12)11(7-5-2)8-10(13)14-3/h9,12H,5,7-8H2,1-3H3. The lowest BCUT2D eigenvalue weighted by Crippen LogP contribution is -2.39. The summed E-state index contributed by atoms with van der Waals surface area (Å²) in [5, 5.41) is 9.53. The second-order valence-electron chi connectivity index (χ2n) is 2.81. The van der Waals surface area contributed by atoms with Gasteiger partial charge in [0.25, 0.3) is 0 Å². The van der Waals surface area contributed by atoms with Crippen LogP contribution in [0.5, 0.6) is 0 Å². The summed E-state index contributed by atoms with van der Waals surface area (Å²) < 4.78 is 4.52. The molecule has 4 heteroatoms. The number of hydrogen-bond donors (Lipinski definition) is 1. The quantitative estimate of drug-likeness (QED) is 0.391. The summed E-state index contributed by atoms with van der Waals surface area (Å²) in [6.45, 7) is 4.30. The van der Waals surface area contributed by atoms with Crippen molar-refractivity contribution in [2.24, 2.45) is 0 Å². The second-order valence-corrected chi connectivity index (χ2v) is 2.81. The van der Waals surface area contributed by atoms with Gasteiger partial charge in [-0.25, -0.2) is 0 Å². The Morgan fingerprint density at radius 2 is 2.29 bits per heavy atom. The number of aliphatic hydroxyl groups is 1. The van der Waals surface area contributed by atoms with Crippen LogP contribution in [-0.2, 0) is 9.53 Å². The molecule has 80 valence electrons. The van der Waals surface area contributed by atoms with Gasteiger partial charge in [0.15, 0.2) is 6.23 Å². The molecule has 4 nitrogen and oxygen atoms in total. The van der Waals surface area contributed by atoms with Gasteiger partial charge in [-0.05, 0) is 13.3 Å². The Balaban J connectivity index is 4.24. The van der Waals surface area contributed by atoms with E-state index in [1.807, 2.05) is 6.92 Å². The van der Waals surface area contributed by atoms with Gasteiger partial charge >= 0.3 is 5.97 Å². The Labute approximate surface area is 84.9 Å². The summed E-state index contributed by atoms with van der Waals surface area (Å²) in [5.41, 5.74) is 0. The number of esters is 1. The van der Waals surface area contributed by atoms with Crippen LogP contribution in [0.4, 0.5) is 0 Å². The average Bonchev–Trinajstić information content (AvgIpc) is 2.17. The molecule has 0 amide bonds. The van der Waals surface area contributed by atoms with Crippen LogP contribution in [0.2, 0.25) is 0 Å². The van der Waals surface area contributed by atoms with Crippen LogP contribution in [0.15, 0.2) is 0 Å². The molecule has 0 radical (unpaired) electrons. The van der Waals surface area contributed by atoms with Gasteiger partial charge in [0.2, 0.25) is 0 Å². The highest BCUT2D eigenvalue weighted by atomic mass is 16.5. The van der Waals surface area contributed by atoms with Crippen LogP contribution < -0.4 is 0 Å². The maximum absolute atomic E-state index is 11.0. The first-order chi connectivity index (χ1) is 6.65. The molecule has 0 spiro atoms. The van der Waals surface area contributed by atoms with Crippen molar-refractivity contribution in [1.29, 1.82) is 0 Å². The van der Waals surface area contributed by atoms with Gasteiger partial charge in [0.1, 0.15) is 0 Å². The summed E-state index contributed by atoms with van der Waals surface area (Å²) >= 11 is 0. The van der Waals surface area contributed by atoms with Crippen molar-refractivity contribution in [2.45, 2.75) is 26.5 Å². The highest BCUT2D eigenvalue weighted by Crippen LogP contribution is 1.97. The van der Waals surface area contributed by atoms with E-state index in [2.05, 4.69) is 16.6 Å². The second kappa shape index (κ2) is 7.36. The Kier molecular flexibility index (Phi) is 6.81. The zero-order valence-electron chi connectivity index (χ0n) is 8.91. The third-order valence-corrected chi connectivity index (χ3v) is 1.69. The molecule has 14 heavy (non-hydrogen) atoms. The number of rotatable bonds is 5. The third kappa shape index (κ3) is 4.85. The molecule has 0 heterocycles. The molecule has 0 rings (SSSR count). The van der Waals surface area contributed by atoms with Gasteiger partial charge in [0.05, 0.1) is 13.7 Å². The molecule has 0 aliphatic heterocycles. The fourth-order valence-corrected chi connectivity index (χ4v) is 1.03. The van der Waals surface area contributed by atoms with E-state index >= 15 is 0 Å². The van der Waals surface area contributed by atoms with Gasteiger partial charge in [-0.3, -0.25) is 9.69 Å². The van der Waals surface area contributed by atoms with E-state index in [0.29, 0.717) is 6.54 Å². The highest BCUT2D eigenvalue weighted by Gasteiger charge is 2.16. The molecule has 0 aliphatic rings. The normalized spacial score (nSPS) is 11.8. The zero-order valence-corrected chi connectivity index (χ0v) is 8.91. The Morgan fingerprint density at radius 1 is 1.64 bits per heavy atom. The van der Waals surface area contributed by atoms with Crippen LogP contribution >= 0.6 is 0 Å². The number of ether oxygens (including phenoxy) is 1. The molecule has 0 bridgehead atoms. The molecule has 0 aromatic rings. The molecular formula is C10H17NO3. The number of hydrogen-bond acceptors (Lipinski definition) is 4. The van der Waals surface area contributed by atoms with Crippen LogP contribution in [0.25, 0.3) is 0 Å². The fraction of sp³-hybridized carbons (Fsp3) is 0.700. The molecule has 1 N–H and O–H groups in total. The smallest absolute Gasteiger partial charge is 0.319 e. The van der Waals surface area contributed by atoms with Gasteiger partial charge < -0.3 is 9.84 Å². The molecule has 0 aliphatic carbocycles. The van der Waals surface area contributed by atoms with E-state index in [1.165, 1.54) is 7.11 Å². The van der Waals surface area contributed by atoms with Crippen molar-refractivity contribution >= 4 is 5.97 Å². The van der Waals surface area contributed by atoms with Crippen molar-refractivity contribution in [3.63, 3.8) is 0 Å². The molecule has 0 fully saturated rings. The van der Waals surface area contributed by atoms with Gasteiger partial charge in [0, 0.05) is 6.54 Å². The first kappa shape index (κ1) is 12.9. The van der Waals surface area contributed by atoms with Crippen LogP contribution in [0.1, 0.15) is 20.3 Å². The van der Waals surface area contributed by atoms with Crippen molar-refractivity contribution < 1.29 is 14.6 Å². The summed E-state index contributed by atoms with van der Waals surface area (Å²) in [6.07, 6.45) is -0.0431. The first-order valence-corrected chi connectivity index (χ1v) is 4.56. The monoisotopic (exact) mass is 199 g/mol. The lowest BCUT2D eigenvalue weighted by molar-refractivity contribution is -0.143. The first-order valence-electron chi connectivity index (χ1n) is 4.56. The molecule has 0 saturated carbocycles. The average molecular weight is 199 g/mol. The van der Waals surface area contributed by atoms with Gasteiger partial charge in [-0.1, -0.05) is 12.8 Å². The lowest BCUT2D eigenvalue weighted by Gasteiger charge is -2.22. The molecule has 1 unspecified atom stereocenters. The lowest BCUT2D eigenvalue weighted by atomic mass is 10.3. The maximum Gasteiger partial charge on any atom is 0.319 e. The van der Waals surface area contributed by atoms with E-state index in [0.717, 1.165) is 6.42 Å². The van der Waals surface area contributed by atoms with Gasteiger partial charge in [-0.2, -0.15) is 0 Å². The SMILES string of the molecule is CC#CC(O)N(CCC)CC(=O)OC. The molecular weight excluding hydrogens is 182 g/mol. The van der Waals surface area contributed by atoms with E-state index in [9.17, 15) is 9.90 Å². The number of methoxy groups -OCH3 is 1. The molecule has 0 saturated heterocycles. The minimum Gasteiger partial charge on any atom is -0.468 e.